The first-order chi connectivity index (χ1) is 13.6. The lowest BCUT2D eigenvalue weighted by molar-refractivity contribution is -0.246. The van der Waals surface area contributed by atoms with Crippen LogP contribution in [0.15, 0.2) is 0 Å². The molecule has 5 aliphatic rings. The molecule has 0 aromatic carbocycles. The van der Waals surface area contributed by atoms with Crippen LogP contribution in [-0.4, -0.2) is 27.7 Å². The highest BCUT2D eigenvalue weighted by atomic mass is 16.3. The standard InChI is InChI=1S/C26H42O3/c1-16-13-20-21(24(4)11-8-19(28)15-26(16,24)29)9-12-23(3)22(20)14-18-7-5-6-10-25(18,23)17(2)27/h16,18-22,28-29H,5-15H2,1-4H3/t16-,18+,19-,20+,21+,22-,23-,24+,25-,26-/m0/s1. The van der Waals surface area contributed by atoms with Gasteiger partial charge in [0.05, 0.1) is 11.7 Å². The minimum absolute atomic E-state index is 0.0818. The zero-order valence-corrected chi connectivity index (χ0v) is 19.0. The smallest absolute Gasteiger partial charge is 0.136 e. The zero-order valence-electron chi connectivity index (χ0n) is 19.0. The SMILES string of the molecule is CC(=O)[C@@]12CCCC[C@@H]1C[C@H]1[C@@H]3C[C@H](C)[C@@]4(O)C[C@@H](O)CC[C@]4(C)[C@@H]3CC[C@@]12C. The normalized spacial score (nSPS) is 59.2. The van der Waals surface area contributed by atoms with Crippen molar-refractivity contribution in [3.05, 3.63) is 0 Å². The number of Topliss-reactive ketones (excluding diaryl/α,β-unsaturated/α-hetero) is 1. The van der Waals surface area contributed by atoms with Gasteiger partial charge in [-0.2, -0.15) is 0 Å². The average molecular weight is 403 g/mol. The Labute approximate surface area is 177 Å². The number of hydrogen-bond acceptors (Lipinski definition) is 3. The fraction of sp³-hybridized carbons (Fsp3) is 0.962. The number of hydrogen-bond donors (Lipinski definition) is 2. The Morgan fingerprint density at radius 2 is 1.66 bits per heavy atom. The minimum Gasteiger partial charge on any atom is -0.393 e. The van der Waals surface area contributed by atoms with Crippen LogP contribution in [-0.2, 0) is 4.79 Å². The van der Waals surface area contributed by atoms with E-state index in [-0.39, 0.29) is 28.3 Å². The predicted octanol–water partition coefficient (Wildman–Crippen LogP) is 5.13. The van der Waals surface area contributed by atoms with Gasteiger partial charge in [0.1, 0.15) is 5.78 Å². The van der Waals surface area contributed by atoms with Crippen LogP contribution in [0, 0.1) is 45.8 Å². The summed E-state index contributed by atoms with van der Waals surface area (Å²) in [5, 5.41) is 22.2. The lowest BCUT2D eigenvalue weighted by Gasteiger charge is -2.66. The van der Waals surface area contributed by atoms with Gasteiger partial charge in [0, 0.05) is 11.8 Å². The molecule has 10 atom stereocenters. The van der Waals surface area contributed by atoms with E-state index in [2.05, 4.69) is 20.8 Å². The topological polar surface area (TPSA) is 57.5 Å². The van der Waals surface area contributed by atoms with Crippen LogP contribution in [0.1, 0.15) is 98.3 Å². The number of carbonyl (C=O) groups is 1. The number of ketones is 1. The van der Waals surface area contributed by atoms with E-state index in [0.29, 0.717) is 35.9 Å². The van der Waals surface area contributed by atoms with E-state index in [1.165, 1.54) is 25.7 Å². The Balaban J connectivity index is 1.55. The second kappa shape index (κ2) is 6.31. The van der Waals surface area contributed by atoms with Gasteiger partial charge in [-0.3, -0.25) is 4.79 Å². The summed E-state index contributed by atoms with van der Waals surface area (Å²) >= 11 is 0. The molecular weight excluding hydrogens is 360 g/mol. The summed E-state index contributed by atoms with van der Waals surface area (Å²) in [7, 11) is 0. The molecule has 5 rings (SSSR count). The van der Waals surface area contributed by atoms with Gasteiger partial charge in [0.15, 0.2) is 0 Å². The summed E-state index contributed by atoms with van der Waals surface area (Å²) in [5.41, 5.74) is -0.761. The molecule has 0 unspecified atom stereocenters. The maximum absolute atomic E-state index is 13.2. The third-order valence-electron chi connectivity index (χ3n) is 11.9. The number of aliphatic hydroxyl groups is 2. The highest BCUT2D eigenvalue weighted by molar-refractivity contribution is 5.84. The molecule has 164 valence electrons. The van der Waals surface area contributed by atoms with Crippen molar-refractivity contribution >= 4 is 5.78 Å². The molecular formula is C26H42O3. The van der Waals surface area contributed by atoms with E-state index in [0.717, 1.165) is 38.5 Å². The molecule has 0 aromatic heterocycles. The van der Waals surface area contributed by atoms with Crippen LogP contribution >= 0.6 is 0 Å². The minimum atomic E-state index is -0.733. The second-order valence-electron chi connectivity index (χ2n) is 12.4. The Morgan fingerprint density at radius 1 is 0.931 bits per heavy atom. The predicted molar refractivity (Wildman–Crippen MR) is 114 cm³/mol. The van der Waals surface area contributed by atoms with Gasteiger partial charge in [0.25, 0.3) is 0 Å². The van der Waals surface area contributed by atoms with E-state index in [4.69, 9.17) is 0 Å². The molecule has 0 heterocycles. The van der Waals surface area contributed by atoms with Gasteiger partial charge in [-0.05, 0) is 98.7 Å². The molecule has 3 heteroatoms. The summed E-state index contributed by atoms with van der Waals surface area (Å²) in [4.78, 5) is 13.2. The number of rotatable bonds is 1. The molecule has 0 aromatic rings. The maximum Gasteiger partial charge on any atom is 0.136 e. The molecule has 2 N–H and O–H groups in total. The van der Waals surface area contributed by atoms with Gasteiger partial charge < -0.3 is 10.2 Å². The Bertz CT molecular complexity index is 704. The summed E-state index contributed by atoms with van der Waals surface area (Å²) in [5.74, 6) is 3.08. The third kappa shape index (κ3) is 2.30. The van der Waals surface area contributed by atoms with Crippen LogP contribution < -0.4 is 0 Å². The first-order valence-electron chi connectivity index (χ1n) is 12.5. The van der Waals surface area contributed by atoms with Crippen LogP contribution in [0.4, 0.5) is 0 Å². The fourth-order valence-corrected chi connectivity index (χ4v) is 10.5. The van der Waals surface area contributed by atoms with E-state index in [9.17, 15) is 15.0 Å². The highest BCUT2D eigenvalue weighted by Crippen LogP contribution is 2.75. The zero-order chi connectivity index (χ0) is 20.8. The lowest BCUT2D eigenvalue weighted by atomic mass is 9.40. The van der Waals surface area contributed by atoms with Gasteiger partial charge in [-0.1, -0.05) is 33.6 Å². The van der Waals surface area contributed by atoms with Crippen LogP contribution in [0.5, 0.6) is 0 Å². The van der Waals surface area contributed by atoms with E-state index in [1.54, 1.807) is 0 Å². The van der Waals surface area contributed by atoms with Crippen LogP contribution in [0.2, 0.25) is 0 Å². The van der Waals surface area contributed by atoms with Gasteiger partial charge in [-0.25, -0.2) is 0 Å². The Hall–Kier alpha value is -0.410. The molecule has 0 radical (unpaired) electrons. The van der Waals surface area contributed by atoms with Crippen LogP contribution in [0.25, 0.3) is 0 Å². The monoisotopic (exact) mass is 402 g/mol. The van der Waals surface area contributed by atoms with Crippen molar-refractivity contribution in [2.75, 3.05) is 0 Å². The average Bonchev–Trinajstić information content (AvgIpc) is 2.95. The third-order valence-corrected chi connectivity index (χ3v) is 11.9. The molecule has 0 amide bonds. The largest absolute Gasteiger partial charge is 0.393 e. The van der Waals surface area contributed by atoms with Crippen molar-refractivity contribution in [1.29, 1.82) is 0 Å². The van der Waals surface area contributed by atoms with Crippen molar-refractivity contribution in [3.63, 3.8) is 0 Å². The number of fused-ring (bicyclic) bond motifs is 7. The first-order valence-corrected chi connectivity index (χ1v) is 12.5. The molecule has 0 saturated heterocycles. The van der Waals surface area contributed by atoms with Crippen molar-refractivity contribution in [2.45, 2.75) is 110 Å². The van der Waals surface area contributed by atoms with Crippen molar-refractivity contribution in [2.24, 2.45) is 45.8 Å². The molecule has 0 spiro atoms. The molecule has 29 heavy (non-hydrogen) atoms. The molecule has 5 saturated carbocycles. The van der Waals surface area contributed by atoms with E-state index in [1.807, 2.05) is 6.92 Å². The number of aliphatic hydroxyl groups excluding tert-OH is 1. The van der Waals surface area contributed by atoms with E-state index < -0.39 is 5.60 Å². The fourth-order valence-electron chi connectivity index (χ4n) is 10.5. The van der Waals surface area contributed by atoms with Gasteiger partial charge in [0.2, 0.25) is 0 Å². The number of carbonyl (C=O) groups excluding carboxylic acids is 1. The Kier molecular flexibility index (Phi) is 4.46. The quantitative estimate of drug-likeness (QED) is 0.639. The second-order valence-corrected chi connectivity index (χ2v) is 12.4. The van der Waals surface area contributed by atoms with Gasteiger partial charge >= 0.3 is 0 Å². The van der Waals surface area contributed by atoms with E-state index >= 15 is 0 Å². The molecule has 0 bridgehead atoms. The highest BCUT2D eigenvalue weighted by Gasteiger charge is 2.71. The lowest BCUT2D eigenvalue weighted by Crippen LogP contribution is -2.66. The first kappa shape index (κ1) is 20.5. The van der Waals surface area contributed by atoms with Crippen molar-refractivity contribution < 1.29 is 15.0 Å². The molecule has 5 fully saturated rings. The van der Waals surface area contributed by atoms with Crippen molar-refractivity contribution in [1.82, 2.24) is 0 Å². The maximum atomic E-state index is 13.2. The molecule has 3 nitrogen and oxygen atoms in total. The summed E-state index contributed by atoms with van der Waals surface area (Å²) < 4.78 is 0. The summed E-state index contributed by atoms with van der Waals surface area (Å²) in [6.07, 6.45) is 11.5. The molecule has 5 aliphatic carbocycles. The Morgan fingerprint density at radius 3 is 2.38 bits per heavy atom. The van der Waals surface area contributed by atoms with Crippen LogP contribution in [0.3, 0.4) is 0 Å². The van der Waals surface area contributed by atoms with Crippen molar-refractivity contribution in [3.8, 4) is 0 Å². The summed E-state index contributed by atoms with van der Waals surface area (Å²) in [6, 6.07) is 0. The molecule has 0 aliphatic heterocycles. The van der Waals surface area contributed by atoms with Gasteiger partial charge in [-0.15, -0.1) is 0 Å². The summed E-state index contributed by atoms with van der Waals surface area (Å²) in [6.45, 7) is 8.96.